The lowest BCUT2D eigenvalue weighted by molar-refractivity contribution is -0.130. The highest BCUT2D eigenvalue weighted by atomic mass is 35.5. The van der Waals surface area contributed by atoms with Gasteiger partial charge in [-0.25, -0.2) is 0 Å². The maximum atomic E-state index is 12.5. The standard InChI is InChI=1S/C19H27N3O2.ClH/c1-13(14-5-3-2-4-6-14)22-12-15(11-18(22)23)19(24)21-17-9-7-16(20)8-10-17;/h2-6,13,15-17H,7-12,20H2,1H3,(H,21,24);1H. The van der Waals surface area contributed by atoms with Crippen molar-refractivity contribution in [3.8, 4) is 0 Å². The smallest absolute Gasteiger partial charge is 0.225 e. The van der Waals surface area contributed by atoms with Crippen LogP contribution in [0.25, 0.3) is 0 Å². The molecule has 0 spiro atoms. The van der Waals surface area contributed by atoms with E-state index in [9.17, 15) is 9.59 Å². The molecule has 1 saturated carbocycles. The molecule has 0 radical (unpaired) electrons. The van der Waals surface area contributed by atoms with Crippen molar-refractivity contribution in [3.63, 3.8) is 0 Å². The Labute approximate surface area is 155 Å². The first-order chi connectivity index (χ1) is 11.5. The molecule has 2 unspecified atom stereocenters. The second kappa shape index (κ2) is 8.68. The van der Waals surface area contributed by atoms with Gasteiger partial charge in [-0.3, -0.25) is 9.59 Å². The summed E-state index contributed by atoms with van der Waals surface area (Å²) in [5.74, 6) is -0.150. The van der Waals surface area contributed by atoms with Gasteiger partial charge in [0.05, 0.1) is 12.0 Å². The molecule has 25 heavy (non-hydrogen) atoms. The molecular formula is C19H28ClN3O2. The topological polar surface area (TPSA) is 75.4 Å². The fraction of sp³-hybridized carbons (Fsp3) is 0.579. The zero-order chi connectivity index (χ0) is 17.1. The van der Waals surface area contributed by atoms with Gasteiger partial charge in [-0.05, 0) is 38.2 Å². The van der Waals surface area contributed by atoms with Crippen LogP contribution in [0.4, 0.5) is 0 Å². The Bertz CT molecular complexity index is 588. The van der Waals surface area contributed by atoms with E-state index in [0.717, 1.165) is 31.2 Å². The van der Waals surface area contributed by atoms with Crippen LogP contribution in [0.5, 0.6) is 0 Å². The molecule has 0 aromatic heterocycles. The quantitative estimate of drug-likeness (QED) is 0.860. The number of likely N-dealkylation sites (tertiary alicyclic amines) is 1. The van der Waals surface area contributed by atoms with Crippen LogP contribution in [0.3, 0.4) is 0 Å². The summed E-state index contributed by atoms with van der Waals surface area (Å²) in [6.07, 6.45) is 4.13. The molecule has 2 atom stereocenters. The van der Waals surface area contributed by atoms with Gasteiger partial charge in [0.15, 0.2) is 0 Å². The number of nitrogens with one attached hydrogen (secondary N) is 1. The molecule has 6 heteroatoms. The molecule has 0 bridgehead atoms. The van der Waals surface area contributed by atoms with E-state index in [1.165, 1.54) is 0 Å². The second-order valence-electron chi connectivity index (χ2n) is 7.15. The Morgan fingerprint density at radius 2 is 1.84 bits per heavy atom. The largest absolute Gasteiger partial charge is 0.353 e. The predicted molar refractivity (Wildman–Crippen MR) is 100 cm³/mol. The molecule has 3 rings (SSSR count). The molecule has 2 amide bonds. The van der Waals surface area contributed by atoms with Crippen LogP contribution in [0, 0.1) is 5.92 Å². The number of carbonyl (C=O) groups is 2. The molecule has 1 aliphatic heterocycles. The summed E-state index contributed by atoms with van der Waals surface area (Å²) in [4.78, 5) is 26.7. The number of nitrogens with two attached hydrogens (primary N) is 1. The van der Waals surface area contributed by atoms with Crippen LogP contribution in [0.2, 0.25) is 0 Å². The third kappa shape index (κ3) is 4.73. The molecular weight excluding hydrogens is 338 g/mol. The maximum Gasteiger partial charge on any atom is 0.225 e. The Balaban J connectivity index is 0.00000225. The van der Waals surface area contributed by atoms with Crippen molar-refractivity contribution >= 4 is 24.2 Å². The van der Waals surface area contributed by atoms with Gasteiger partial charge in [-0.1, -0.05) is 30.3 Å². The minimum atomic E-state index is -0.237. The normalized spacial score (nSPS) is 27.5. The highest BCUT2D eigenvalue weighted by Crippen LogP contribution is 2.29. The van der Waals surface area contributed by atoms with Crippen molar-refractivity contribution in [2.24, 2.45) is 11.7 Å². The molecule has 1 aromatic carbocycles. The van der Waals surface area contributed by atoms with Crippen LogP contribution in [0.1, 0.15) is 50.6 Å². The van der Waals surface area contributed by atoms with Crippen molar-refractivity contribution in [2.75, 3.05) is 6.54 Å². The van der Waals surface area contributed by atoms with Crippen LogP contribution >= 0.6 is 12.4 Å². The zero-order valence-corrected chi connectivity index (χ0v) is 15.5. The molecule has 5 nitrogen and oxygen atoms in total. The average molecular weight is 366 g/mol. The van der Waals surface area contributed by atoms with Gasteiger partial charge in [-0.15, -0.1) is 12.4 Å². The summed E-state index contributed by atoms with van der Waals surface area (Å²) < 4.78 is 0. The zero-order valence-electron chi connectivity index (χ0n) is 14.7. The first-order valence-electron chi connectivity index (χ1n) is 8.95. The molecule has 138 valence electrons. The van der Waals surface area contributed by atoms with Crippen molar-refractivity contribution in [3.05, 3.63) is 35.9 Å². The van der Waals surface area contributed by atoms with E-state index in [1.54, 1.807) is 0 Å². The summed E-state index contributed by atoms with van der Waals surface area (Å²) >= 11 is 0. The van der Waals surface area contributed by atoms with Crippen LogP contribution in [0.15, 0.2) is 30.3 Å². The van der Waals surface area contributed by atoms with Crippen LogP contribution in [-0.4, -0.2) is 35.3 Å². The van der Waals surface area contributed by atoms with Crippen LogP contribution < -0.4 is 11.1 Å². The number of hydrogen-bond acceptors (Lipinski definition) is 3. The number of benzene rings is 1. The van der Waals surface area contributed by atoms with Crippen LogP contribution in [-0.2, 0) is 9.59 Å². The number of amides is 2. The highest BCUT2D eigenvalue weighted by molar-refractivity contribution is 5.89. The van der Waals surface area contributed by atoms with E-state index in [4.69, 9.17) is 5.73 Å². The summed E-state index contributed by atoms with van der Waals surface area (Å²) in [5.41, 5.74) is 7.02. The SMILES string of the molecule is CC(c1ccccc1)N1CC(C(=O)NC2CCC(N)CC2)CC1=O.Cl. The second-order valence-corrected chi connectivity index (χ2v) is 7.15. The van der Waals surface area contributed by atoms with Crippen molar-refractivity contribution in [1.29, 1.82) is 0 Å². The molecule has 3 N–H and O–H groups in total. The van der Waals surface area contributed by atoms with Gasteiger partial charge >= 0.3 is 0 Å². The van der Waals surface area contributed by atoms with Crippen molar-refractivity contribution < 1.29 is 9.59 Å². The van der Waals surface area contributed by atoms with E-state index in [0.29, 0.717) is 13.0 Å². The van der Waals surface area contributed by atoms with E-state index in [2.05, 4.69) is 5.32 Å². The molecule has 2 fully saturated rings. The van der Waals surface area contributed by atoms with Gasteiger partial charge in [0, 0.05) is 25.0 Å². The minimum absolute atomic E-state index is 0. The number of nitrogens with zero attached hydrogens (tertiary/aromatic N) is 1. The monoisotopic (exact) mass is 365 g/mol. The molecule has 2 aliphatic rings. The number of carbonyl (C=O) groups excluding carboxylic acids is 2. The highest BCUT2D eigenvalue weighted by Gasteiger charge is 2.37. The lowest BCUT2D eigenvalue weighted by Crippen LogP contribution is -2.43. The van der Waals surface area contributed by atoms with Gasteiger partial charge in [0.2, 0.25) is 11.8 Å². The van der Waals surface area contributed by atoms with E-state index >= 15 is 0 Å². The van der Waals surface area contributed by atoms with Crippen molar-refractivity contribution in [2.45, 2.75) is 57.2 Å². The summed E-state index contributed by atoms with van der Waals surface area (Å²) in [5, 5.41) is 3.13. The van der Waals surface area contributed by atoms with Gasteiger partial charge < -0.3 is 16.0 Å². The Kier molecular flexibility index (Phi) is 6.85. The summed E-state index contributed by atoms with van der Waals surface area (Å²) in [6.45, 7) is 2.53. The van der Waals surface area contributed by atoms with E-state index in [-0.39, 0.29) is 48.3 Å². The Morgan fingerprint density at radius 3 is 2.48 bits per heavy atom. The van der Waals surface area contributed by atoms with Gasteiger partial charge in [-0.2, -0.15) is 0 Å². The lowest BCUT2D eigenvalue weighted by atomic mass is 9.91. The number of rotatable bonds is 4. The minimum Gasteiger partial charge on any atom is -0.353 e. The molecule has 1 aliphatic carbocycles. The van der Waals surface area contributed by atoms with Crippen molar-refractivity contribution in [1.82, 2.24) is 10.2 Å². The lowest BCUT2D eigenvalue weighted by Gasteiger charge is -2.28. The third-order valence-corrected chi connectivity index (χ3v) is 5.40. The average Bonchev–Trinajstić information content (AvgIpc) is 2.99. The first kappa shape index (κ1) is 19.7. The molecule has 1 heterocycles. The number of halogens is 1. The van der Waals surface area contributed by atoms with Gasteiger partial charge in [0.25, 0.3) is 0 Å². The van der Waals surface area contributed by atoms with Gasteiger partial charge in [0.1, 0.15) is 0 Å². The first-order valence-corrected chi connectivity index (χ1v) is 8.95. The fourth-order valence-electron chi connectivity index (χ4n) is 3.78. The third-order valence-electron chi connectivity index (χ3n) is 5.40. The van der Waals surface area contributed by atoms with E-state index < -0.39 is 0 Å². The maximum absolute atomic E-state index is 12.5. The summed E-state index contributed by atoms with van der Waals surface area (Å²) in [7, 11) is 0. The Hall–Kier alpha value is -1.59. The summed E-state index contributed by atoms with van der Waals surface area (Å²) in [6, 6.07) is 10.5. The fourth-order valence-corrected chi connectivity index (χ4v) is 3.78. The Morgan fingerprint density at radius 1 is 1.20 bits per heavy atom. The predicted octanol–water partition coefficient (Wildman–Crippen LogP) is 2.40. The van der Waals surface area contributed by atoms with E-state index in [1.807, 2.05) is 42.2 Å². The number of hydrogen-bond donors (Lipinski definition) is 2. The molecule has 1 aromatic rings. The molecule has 1 saturated heterocycles.